The predicted octanol–water partition coefficient (Wildman–Crippen LogP) is -3.46. The summed E-state index contributed by atoms with van der Waals surface area (Å²) in [5.74, 6) is 0. The predicted molar refractivity (Wildman–Crippen MR) is 50.8 cm³/mol. The molecule has 0 aliphatic carbocycles. The molecule has 0 radical (unpaired) electrons. The Balaban J connectivity index is 2.60. The second kappa shape index (κ2) is 5.55. The first-order chi connectivity index (χ1) is 7.11. The molecular formula is C9H18NO5+. The van der Waals surface area contributed by atoms with E-state index in [1.165, 1.54) is 0 Å². The maximum absolute atomic E-state index is 9.57. The zero-order chi connectivity index (χ0) is 11.4. The third kappa shape index (κ3) is 2.75. The highest BCUT2D eigenvalue weighted by Gasteiger charge is 2.45. The summed E-state index contributed by atoms with van der Waals surface area (Å²) < 4.78 is 5.22. The molecule has 0 bridgehead atoms. The Kier molecular flexibility index (Phi) is 4.65. The van der Waals surface area contributed by atoms with Crippen LogP contribution in [0.3, 0.4) is 0 Å². The van der Waals surface area contributed by atoms with E-state index in [9.17, 15) is 15.3 Å². The van der Waals surface area contributed by atoms with E-state index in [1.54, 1.807) is 11.4 Å². The largest absolute Gasteiger partial charge is 0.394 e. The van der Waals surface area contributed by atoms with E-state index >= 15 is 0 Å². The van der Waals surface area contributed by atoms with Crippen LogP contribution >= 0.6 is 0 Å². The highest BCUT2D eigenvalue weighted by atomic mass is 16.6. The van der Waals surface area contributed by atoms with Crippen molar-refractivity contribution < 1.29 is 30.5 Å². The molecule has 0 aromatic heterocycles. The van der Waals surface area contributed by atoms with Crippen LogP contribution < -0.4 is 5.32 Å². The van der Waals surface area contributed by atoms with Crippen LogP contribution in [0.25, 0.3) is 0 Å². The van der Waals surface area contributed by atoms with Gasteiger partial charge in [-0.05, 0) is 6.08 Å². The Morgan fingerprint density at radius 3 is 2.40 bits per heavy atom. The SMILES string of the molecule is C=CC[NH2+][C@@H]1O[C@H](CO)[C@H](O)[C@@H](O)[C@@H]1O. The summed E-state index contributed by atoms with van der Waals surface area (Å²) in [6.45, 7) is 3.63. The molecule has 1 saturated heterocycles. The van der Waals surface area contributed by atoms with Crippen LogP contribution in [-0.2, 0) is 4.74 Å². The fourth-order valence-electron chi connectivity index (χ4n) is 1.56. The molecule has 6 N–H and O–H groups in total. The van der Waals surface area contributed by atoms with Crippen molar-refractivity contribution >= 4 is 0 Å². The summed E-state index contributed by atoms with van der Waals surface area (Å²) in [6, 6.07) is 0. The van der Waals surface area contributed by atoms with Crippen molar-refractivity contribution in [2.45, 2.75) is 30.6 Å². The fourth-order valence-corrected chi connectivity index (χ4v) is 1.56. The van der Waals surface area contributed by atoms with Crippen LogP contribution in [0, 0.1) is 0 Å². The molecule has 1 heterocycles. The highest BCUT2D eigenvalue weighted by molar-refractivity contribution is 4.88. The zero-order valence-electron chi connectivity index (χ0n) is 8.36. The van der Waals surface area contributed by atoms with E-state index in [0.29, 0.717) is 6.54 Å². The number of hydrogen-bond donors (Lipinski definition) is 5. The Hall–Kier alpha value is -0.500. The van der Waals surface area contributed by atoms with Gasteiger partial charge < -0.3 is 30.5 Å². The second-order valence-electron chi connectivity index (χ2n) is 3.55. The van der Waals surface area contributed by atoms with Crippen molar-refractivity contribution in [3.05, 3.63) is 12.7 Å². The number of quaternary nitrogens is 1. The summed E-state index contributed by atoms with van der Waals surface area (Å²) >= 11 is 0. The molecule has 1 rings (SSSR count). The quantitative estimate of drug-likeness (QED) is 0.317. The van der Waals surface area contributed by atoms with Crippen LogP contribution in [0.4, 0.5) is 0 Å². The van der Waals surface area contributed by atoms with Crippen LogP contribution in [0.2, 0.25) is 0 Å². The van der Waals surface area contributed by atoms with Gasteiger partial charge in [0.2, 0.25) is 6.23 Å². The van der Waals surface area contributed by atoms with E-state index < -0.39 is 37.3 Å². The van der Waals surface area contributed by atoms with Gasteiger partial charge in [0.25, 0.3) is 0 Å². The average Bonchev–Trinajstić information content (AvgIpc) is 2.25. The zero-order valence-corrected chi connectivity index (χ0v) is 8.36. The van der Waals surface area contributed by atoms with Gasteiger partial charge in [-0.3, -0.25) is 0 Å². The lowest BCUT2D eigenvalue weighted by molar-refractivity contribution is -0.736. The average molecular weight is 220 g/mol. The van der Waals surface area contributed by atoms with Crippen molar-refractivity contribution in [3.63, 3.8) is 0 Å². The highest BCUT2D eigenvalue weighted by Crippen LogP contribution is 2.17. The van der Waals surface area contributed by atoms with Gasteiger partial charge in [0.05, 0.1) is 13.2 Å². The first kappa shape index (κ1) is 12.6. The fraction of sp³-hybridized carbons (Fsp3) is 0.778. The second-order valence-corrected chi connectivity index (χ2v) is 3.55. The van der Waals surface area contributed by atoms with Gasteiger partial charge in [0.1, 0.15) is 18.3 Å². The smallest absolute Gasteiger partial charge is 0.220 e. The molecular weight excluding hydrogens is 202 g/mol. The number of aliphatic hydroxyl groups excluding tert-OH is 4. The number of hydrogen-bond acceptors (Lipinski definition) is 5. The molecule has 15 heavy (non-hydrogen) atoms. The third-order valence-corrected chi connectivity index (χ3v) is 2.46. The molecule has 5 atom stereocenters. The molecule has 0 aromatic carbocycles. The molecule has 0 saturated carbocycles. The molecule has 6 heteroatoms. The van der Waals surface area contributed by atoms with E-state index in [4.69, 9.17) is 9.84 Å². The van der Waals surface area contributed by atoms with Gasteiger partial charge in [-0.2, -0.15) is 0 Å². The van der Waals surface area contributed by atoms with E-state index in [-0.39, 0.29) is 0 Å². The maximum Gasteiger partial charge on any atom is 0.220 e. The minimum atomic E-state index is -1.30. The maximum atomic E-state index is 9.57. The lowest BCUT2D eigenvalue weighted by Crippen LogP contribution is -2.95. The Morgan fingerprint density at radius 1 is 1.20 bits per heavy atom. The van der Waals surface area contributed by atoms with Crippen LogP contribution in [-0.4, -0.2) is 64.2 Å². The minimum Gasteiger partial charge on any atom is -0.394 e. The molecule has 6 nitrogen and oxygen atoms in total. The van der Waals surface area contributed by atoms with Crippen molar-refractivity contribution in [2.75, 3.05) is 13.2 Å². The molecule has 1 aliphatic heterocycles. The minimum absolute atomic E-state index is 0.399. The summed E-state index contributed by atoms with van der Waals surface area (Å²) in [4.78, 5) is 0. The normalized spacial score (nSPS) is 41.5. The Bertz CT molecular complexity index is 211. The summed E-state index contributed by atoms with van der Waals surface area (Å²) in [7, 11) is 0. The standard InChI is InChI=1S/C9H17NO5/c1-2-3-10-9-8(14)7(13)6(12)5(4-11)15-9/h2,5-14H,1,3-4H2/p+1/t5-,6+,7-,8+,9-/m1/s1. The Morgan fingerprint density at radius 2 is 1.87 bits per heavy atom. The van der Waals surface area contributed by atoms with Gasteiger partial charge in [-0.15, -0.1) is 0 Å². The van der Waals surface area contributed by atoms with E-state index in [2.05, 4.69) is 6.58 Å². The first-order valence-corrected chi connectivity index (χ1v) is 4.86. The number of aliphatic hydroxyl groups is 4. The lowest BCUT2D eigenvalue weighted by atomic mass is 9.98. The molecule has 0 amide bonds. The third-order valence-electron chi connectivity index (χ3n) is 2.46. The molecule has 1 fully saturated rings. The number of rotatable bonds is 4. The Labute approximate surface area is 87.8 Å². The molecule has 0 aromatic rings. The van der Waals surface area contributed by atoms with Crippen LogP contribution in [0.1, 0.15) is 0 Å². The van der Waals surface area contributed by atoms with Crippen LogP contribution in [0.15, 0.2) is 12.7 Å². The van der Waals surface area contributed by atoms with Crippen LogP contribution in [0.5, 0.6) is 0 Å². The lowest BCUT2D eigenvalue weighted by Gasteiger charge is -2.38. The summed E-state index contributed by atoms with van der Waals surface area (Å²) in [5.41, 5.74) is 0. The summed E-state index contributed by atoms with van der Waals surface area (Å²) in [6.07, 6.45) is -3.68. The van der Waals surface area contributed by atoms with Gasteiger partial charge in [-0.25, -0.2) is 0 Å². The van der Waals surface area contributed by atoms with E-state index in [0.717, 1.165) is 0 Å². The summed E-state index contributed by atoms with van der Waals surface area (Å²) in [5, 5.41) is 39.0. The van der Waals surface area contributed by atoms with E-state index in [1.807, 2.05) is 0 Å². The van der Waals surface area contributed by atoms with Gasteiger partial charge >= 0.3 is 0 Å². The van der Waals surface area contributed by atoms with Gasteiger partial charge in [0, 0.05) is 0 Å². The van der Waals surface area contributed by atoms with Gasteiger partial charge in [-0.1, -0.05) is 6.58 Å². The van der Waals surface area contributed by atoms with Crippen molar-refractivity contribution in [1.29, 1.82) is 0 Å². The monoisotopic (exact) mass is 220 g/mol. The van der Waals surface area contributed by atoms with Crippen molar-refractivity contribution in [3.8, 4) is 0 Å². The van der Waals surface area contributed by atoms with Crippen molar-refractivity contribution in [1.82, 2.24) is 0 Å². The number of ether oxygens (including phenoxy) is 1. The van der Waals surface area contributed by atoms with Gasteiger partial charge in [0.15, 0.2) is 6.10 Å². The molecule has 1 aliphatic rings. The number of nitrogens with two attached hydrogens (primary N) is 1. The topological polar surface area (TPSA) is 107 Å². The van der Waals surface area contributed by atoms with Crippen molar-refractivity contribution in [2.24, 2.45) is 0 Å². The molecule has 0 unspecified atom stereocenters. The first-order valence-electron chi connectivity index (χ1n) is 4.86. The molecule has 0 spiro atoms. The molecule has 88 valence electrons.